The number of carbonyl (C=O) groups excluding carboxylic acids is 1. The monoisotopic (exact) mass is 332 g/mol. The molecule has 3 aromatic rings. The fourth-order valence-corrected chi connectivity index (χ4v) is 3.77. The van der Waals surface area contributed by atoms with Crippen molar-refractivity contribution >= 4 is 28.1 Å². The number of H-pyrrole nitrogens is 1. The summed E-state index contributed by atoms with van der Waals surface area (Å²) in [4.78, 5) is 22.7. The van der Waals surface area contributed by atoms with Crippen LogP contribution in [0.5, 0.6) is 5.75 Å². The topological polar surface area (TPSA) is 84.2 Å². The molecule has 0 saturated heterocycles. The molecule has 0 aliphatic carbocycles. The van der Waals surface area contributed by atoms with Crippen molar-refractivity contribution in [3.63, 3.8) is 0 Å². The smallest absolute Gasteiger partial charge is 0.193 e. The van der Waals surface area contributed by atoms with E-state index in [-0.39, 0.29) is 11.8 Å². The second-order valence-corrected chi connectivity index (χ2v) is 6.31. The first-order chi connectivity index (χ1) is 12.2. The lowest BCUT2D eigenvalue weighted by atomic mass is 10.0. The molecule has 0 bridgehead atoms. The lowest BCUT2D eigenvalue weighted by molar-refractivity contribution is -0.114. The van der Waals surface area contributed by atoms with Crippen LogP contribution in [0.15, 0.2) is 48.3 Å². The molecule has 3 N–H and O–H groups in total. The van der Waals surface area contributed by atoms with Crippen molar-refractivity contribution < 1.29 is 9.53 Å². The Balaban J connectivity index is 1.66. The Morgan fingerprint density at radius 1 is 1.28 bits per heavy atom. The summed E-state index contributed by atoms with van der Waals surface area (Å²) >= 11 is 0. The highest BCUT2D eigenvalue weighted by Gasteiger charge is 2.45. The number of Topliss-reactive ketones (excluding diaryl/α,β-unsaturated/α-hetero) is 1. The van der Waals surface area contributed by atoms with Crippen molar-refractivity contribution in [2.24, 2.45) is 5.73 Å². The highest BCUT2D eigenvalue weighted by atomic mass is 16.5. The number of nitrogens with two attached hydrogens (primary N) is 1. The zero-order valence-electron chi connectivity index (χ0n) is 13.6. The lowest BCUT2D eigenvalue weighted by Crippen LogP contribution is -2.33. The Bertz CT molecular complexity index is 1030. The van der Waals surface area contributed by atoms with E-state index in [0.717, 1.165) is 28.0 Å². The molecule has 1 atom stereocenters. The fraction of sp³-hybridized carbons (Fsp3) is 0.158. The van der Waals surface area contributed by atoms with Crippen molar-refractivity contribution in [3.05, 3.63) is 59.7 Å². The number of aromatic amines is 1. The number of anilines is 1. The van der Waals surface area contributed by atoms with Crippen LogP contribution in [0, 0.1) is 0 Å². The van der Waals surface area contributed by atoms with Gasteiger partial charge in [-0.2, -0.15) is 0 Å². The van der Waals surface area contributed by atoms with Gasteiger partial charge in [-0.05, 0) is 23.8 Å². The summed E-state index contributed by atoms with van der Waals surface area (Å²) in [5.41, 5.74) is 10.6. The minimum Gasteiger partial charge on any atom is -0.497 e. The number of ketones is 1. The van der Waals surface area contributed by atoms with Gasteiger partial charge in [0, 0.05) is 12.5 Å². The predicted octanol–water partition coefficient (Wildman–Crippen LogP) is 2.21. The van der Waals surface area contributed by atoms with E-state index in [1.54, 1.807) is 7.11 Å². The van der Waals surface area contributed by atoms with E-state index in [9.17, 15) is 4.79 Å². The molecule has 2 aliphatic heterocycles. The van der Waals surface area contributed by atoms with Gasteiger partial charge in [0.1, 0.15) is 29.0 Å². The van der Waals surface area contributed by atoms with Crippen LogP contribution in [-0.4, -0.2) is 28.9 Å². The standard InChI is InChI=1S/C19H16N4O2/c1-25-11-7-6-10-8-15-17(24)16(18(20)23(15)14(10)9-11)19-21-12-4-2-3-5-13(12)22-19/h2-7,9,15H,8,20H2,1H3,(H,21,22). The van der Waals surface area contributed by atoms with Gasteiger partial charge in [-0.3, -0.25) is 4.79 Å². The van der Waals surface area contributed by atoms with Gasteiger partial charge >= 0.3 is 0 Å². The second-order valence-electron chi connectivity index (χ2n) is 6.31. The van der Waals surface area contributed by atoms with Crippen LogP contribution >= 0.6 is 0 Å². The quantitative estimate of drug-likeness (QED) is 0.752. The summed E-state index contributed by atoms with van der Waals surface area (Å²) in [6, 6.07) is 13.2. The summed E-state index contributed by atoms with van der Waals surface area (Å²) in [6.45, 7) is 0. The molecule has 6 nitrogen and oxygen atoms in total. The van der Waals surface area contributed by atoms with E-state index >= 15 is 0 Å². The number of hydrogen-bond donors (Lipinski definition) is 2. The minimum absolute atomic E-state index is 0.00622. The molecule has 2 aromatic carbocycles. The number of aromatic nitrogens is 2. The molecular weight excluding hydrogens is 316 g/mol. The highest BCUT2D eigenvalue weighted by Crippen LogP contribution is 2.43. The van der Waals surface area contributed by atoms with E-state index in [4.69, 9.17) is 10.5 Å². The molecule has 1 unspecified atom stereocenters. The first-order valence-corrected chi connectivity index (χ1v) is 8.12. The number of nitrogens with zero attached hydrogens (tertiary/aromatic N) is 2. The molecular formula is C19H16N4O2. The number of benzene rings is 2. The van der Waals surface area contributed by atoms with E-state index in [1.807, 2.05) is 47.4 Å². The van der Waals surface area contributed by atoms with Gasteiger partial charge in [0.2, 0.25) is 0 Å². The average molecular weight is 332 g/mol. The number of hydrogen-bond acceptors (Lipinski definition) is 5. The molecule has 0 radical (unpaired) electrons. The number of methoxy groups -OCH3 is 1. The van der Waals surface area contributed by atoms with Crippen molar-refractivity contribution in [3.8, 4) is 5.75 Å². The number of para-hydroxylation sites is 2. The van der Waals surface area contributed by atoms with Crippen LogP contribution in [0.3, 0.4) is 0 Å². The molecule has 0 fully saturated rings. The van der Waals surface area contributed by atoms with Gasteiger partial charge in [-0.1, -0.05) is 18.2 Å². The molecule has 124 valence electrons. The van der Waals surface area contributed by atoms with Gasteiger partial charge < -0.3 is 20.4 Å². The average Bonchev–Trinajstić information content (AvgIpc) is 3.27. The zero-order chi connectivity index (χ0) is 17.1. The van der Waals surface area contributed by atoms with Crippen molar-refractivity contribution in [2.75, 3.05) is 12.0 Å². The number of imidazole rings is 1. The summed E-state index contributed by atoms with van der Waals surface area (Å²) < 4.78 is 5.31. The number of rotatable bonds is 2. The first-order valence-electron chi connectivity index (χ1n) is 8.12. The van der Waals surface area contributed by atoms with Crippen LogP contribution in [0.4, 0.5) is 5.69 Å². The largest absolute Gasteiger partial charge is 0.497 e. The summed E-state index contributed by atoms with van der Waals surface area (Å²) in [5.74, 6) is 1.73. The minimum atomic E-state index is -0.301. The maximum atomic E-state index is 13.0. The van der Waals surface area contributed by atoms with Gasteiger partial charge in [0.05, 0.1) is 23.8 Å². The second kappa shape index (κ2) is 4.86. The van der Waals surface area contributed by atoms with Gasteiger partial charge in [0.15, 0.2) is 5.78 Å². The van der Waals surface area contributed by atoms with Crippen molar-refractivity contribution in [2.45, 2.75) is 12.5 Å². The molecule has 0 saturated carbocycles. The fourth-order valence-electron chi connectivity index (χ4n) is 3.77. The van der Waals surface area contributed by atoms with Crippen LogP contribution in [0.2, 0.25) is 0 Å². The van der Waals surface area contributed by atoms with E-state index < -0.39 is 0 Å². The molecule has 0 amide bonds. The number of ether oxygens (including phenoxy) is 1. The van der Waals surface area contributed by atoms with Crippen LogP contribution < -0.4 is 15.4 Å². The molecule has 6 heteroatoms. The molecule has 1 aromatic heterocycles. The van der Waals surface area contributed by atoms with Gasteiger partial charge in [-0.25, -0.2) is 4.98 Å². The Labute approximate surface area is 143 Å². The Morgan fingerprint density at radius 2 is 2.12 bits per heavy atom. The first kappa shape index (κ1) is 14.1. The number of nitrogens with one attached hydrogen (secondary N) is 1. The van der Waals surface area contributed by atoms with E-state index in [2.05, 4.69) is 9.97 Å². The third-order valence-electron chi connectivity index (χ3n) is 4.97. The molecule has 25 heavy (non-hydrogen) atoms. The summed E-state index contributed by atoms with van der Waals surface area (Å²) in [5, 5.41) is 0. The van der Waals surface area contributed by atoms with Crippen LogP contribution in [0.1, 0.15) is 11.4 Å². The maximum absolute atomic E-state index is 13.0. The zero-order valence-corrected chi connectivity index (χ0v) is 13.6. The van der Waals surface area contributed by atoms with Crippen molar-refractivity contribution in [1.29, 1.82) is 0 Å². The molecule has 5 rings (SSSR count). The molecule has 2 aliphatic rings. The Morgan fingerprint density at radius 3 is 2.92 bits per heavy atom. The predicted molar refractivity (Wildman–Crippen MR) is 95.2 cm³/mol. The lowest BCUT2D eigenvalue weighted by Gasteiger charge is -2.19. The third-order valence-corrected chi connectivity index (χ3v) is 4.97. The number of fused-ring (bicyclic) bond motifs is 4. The summed E-state index contributed by atoms with van der Waals surface area (Å²) in [7, 11) is 1.63. The Kier molecular flexibility index (Phi) is 2.74. The summed E-state index contributed by atoms with van der Waals surface area (Å²) in [6.07, 6.45) is 0.641. The normalized spacial score (nSPS) is 18.8. The van der Waals surface area contributed by atoms with Crippen LogP contribution in [0.25, 0.3) is 16.6 Å². The van der Waals surface area contributed by atoms with Gasteiger partial charge in [0.25, 0.3) is 0 Å². The van der Waals surface area contributed by atoms with Crippen LogP contribution in [-0.2, 0) is 11.2 Å². The van der Waals surface area contributed by atoms with Gasteiger partial charge in [-0.15, -0.1) is 0 Å². The third kappa shape index (κ3) is 1.85. The SMILES string of the molecule is COc1ccc2c(c1)N1C(N)=C(c3nc4ccccc4[nH]3)C(=O)C1C2. The Hall–Kier alpha value is -3.28. The molecule has 3 heterocycles. The van der Waals surface area contributed by atoms with E-state index in [1.165, 1.54) is 0 Å². The maximum Gasteiger partial charge on any atom is 0.193 e. The molecule has 0 spiro atoms. The van der Waals surface area contributed by atoms with E-state index in [0.29, 0.717) is 23.6 Å². The highest BCUT2D eigenvalue weighted by molar-refractivity contribution is 6.28. The number of carbonyl (C=O) groups is 1. The van der Waals surface area contributed by atoms with Crippen molar-refractivity contribution in [1.82, 2.24) is 9.97 Å².